The van der Waals surface area contributed by atoms with Gasteiger partial charge in [-0.15, -0.1) is 0 Å². The molecule has 148 valence electrons. The number of alkyl halides is 3. The summed E-state index contributed by atoms with van der Waals surface area (Å²) in [7, 11) is 0. The van der Waals surface area contributed by atoms with Crippen molar-refractivity contribution in [2.24, 2.45) is 0 Å². The maximum atomic E-state index is 13.3. The molecule has 2 unspecified atom stereocenters. The van der Waals surface area contributed by atoms with Crippen LogP contribution >= 0.6 is 0 Å². The topological polar surface area (TPSA) is 49.8 Å². The highest BCUT2D eigenvalue weighted by Crippen LogP contribution is 2.51. The van der Waals surface area contributed by atoms with Gasteiger partial charge in [0.2, 0.25) is 0 Å². The van der Waals surface area contributed by atoms with E-state index in [-0.39, 0.29) is 23.8 Å². The molecule has 2 aromatic rings. The van der Waals surface area contributed by atoms with Gasteiger partial charge in [-0.2, -0.15) is 13.2 Å². The summed E-state index contributed by atoms with van der Waals surface area (Å²) in [4.78, 5) is 14.5. The van der Waals surface area contributed by atoms with E-state index < -0.39 is 29.0 Å². The van der Waals surface area contributed by atoms with E-state index in [1.807, 2.05) is 0 Å². The highest BCUT2D eigenvalue weighted by molar-refractivity contribution is 5.98. The van der Waals surface area contributed by atoms with Crippen LogP contribution in [0, 0.1) is 0 Å². The van der Waals surface area contributed by atoms with Gasteiger partial charge in [0, 0.05) is 17.7 Å². The Bertz CT molecular complexity index is 966. The van der Waals surface area contributed by atoms with Gasteiger partial charge in [0.1, 0.15) is 17.0 Å². The number of fused-ring (bicyclic) bond motifs is 2. The first kappa shape index (κ1) is 18.8. The van der Waals surface area contributed by atoms with E-state index in [4.69, 9.17) is 4.74 Å². The van der Waals surface area contributed by atoms with Gasteiger partial charge in [0.15, 0.2) is 0 Å². The summed E-state index contributed by atoms with van der Waals surface area (Å²) in [5.74, 6) is -0.0831. The zero-order chi connectivity index (χ0) is 20.5. The molecule has 0 bridgehead atoms. The Morgan fingerprint density at radius 3 is 2.46 bits per heavy atom. The Hall–Kier alpha value is -2.54. The van der Waals surface area contributed by atoms with E-state index in [1.54, 1.807) is 38.1 Å². The lowest BCUT2D eigenvalue weighted by atomic mass is 9.74. The van der Waals surface area contributed by atoms with Gasteiger partial charge in [0.25, 0.3) is 5.91 Å². The number of nitrogens with zero attached hydrogens (tertiary/aromatic N) is 1. The number of rotatable bonds is 1. The maximum Gasteiger partial charge on any atom is 0.416 e. The highest BCUT2D eigenvalue weighted by atomic mass is 19.4. The van der Waals surface area contributed by atoms with Crippen molar-refractivity contribution in [3.63, 3.8) is 0 Å². The van der Waals surface area contributed by atoms with Crippen LogP contribution in [-0.2, 0) is 12.7 Å². The van der Waals surface area contributed by atoms with Crippen molar-refractivity contribution in [1.82, 2.24) is 4.90 Å². The highest BCUT2D eigenvalue weighted by Gasteiger charge is 2.56. The predicted molar refractivity (Wildman–Crippen MR) is 95.8 cm³/mol. The molecule has 1 amide bonds. The normalized spacial score (nSPS) is 25.9. The standard InChI is InChI=1S/C21H20F3NO3/c1-19(2)20(3,27)17(25-11-12-6-4-5-7-14(12)18(25)26)15-10-13(21(22,23)24)8-9-16(15)28-19/h4-10,17,27H,11H2,1-3H3. The van der Waals surface area contributed by atoms with E-state index >= 15 is 0 Å². The van der Waals surface area contributed by atoms with Gasteiger partial charge in [-0.25, -0.2) is 0 Å². The Morgan fingerprint density at radius 1 is 1.14 bits per heavy atom. The third kappa shape index (κ3) is 2.60. The van der Waals surface area contributed by atoms with Gasteiger partial charge in [-0.05, 0) is 50.6 Å². The monoisotopic (exact) mass is 391 g/mol. The molecule has 2 heterocycles. The molecule has 0 radical (unpaired) electrons. The molecule has 28 heavy (non-hydrogen) atoms. The van der Waals surface area contributed by atoms with Crippen LogP contribution in [-0.4, -0.2) is 27.1 Å². The van der Waals surface area contributed by atoms with Gasteiger partial charge in [-0.1, -0.05) is 18.2 Å². The van der Waals surface area contributed by atoms with Gasteiger partial charge < -0.3 is 14.7 Å². The molecule has 2 atom stereocenters. The third-order valence-corrected chi connectivity index (χ3v) is 5.91. The molecule has 4 rings (SSSR count). The fourth-order valence-electron chi connectivity index (χ4n) is 4.00. The number of halogens is 3. The average molecular weight is 391 g/mol. The number of aliphatic hydroxyl groups is 1. The second-order valence-electron chi connectivity index (χ2n) is 8.00. The van der Waals surface area contributed by atoms with Crippen LogP contribution in [0.1, 0.15) is 53.9 Å². The molecule has 4 nitrogen and oxygen atoms in total. The van der Waals surface area contributed by atoms with E-state index in [1.165, 1.54) is 17.9 Å². The summed E-state index contributed by atoms with van der Waals surface area (Å²) < 4.78 is 45.8. The van der Waals surface area contributed by atoms with E-state index in [0.717, 1.165) is 17.7 Å². The second kappa shape index (κ2) is 5.73. The third-order valence-electron chi connectivity index (χ3n) is 5.91. The predicted octanol–water partition coefficient (Wildman–Crippen LogP) is 4.32. The van der Waals surface area contributed by atoms with E-state index in [9.17, 15) is 23.1 Å². The quantitative estimate of drug-likeness (QED) is 0.788. The zero-order valence-corrected chi connectivity index (χ0v) is 15.7. The summed E-state index contributed by atoms with van der Waals surface area (Å²) >= 11 is 0. The Balaban J connectivity index is 1.89. The molecule has 0 aliphatic carbocycles. The van der Waals surface area contributed by atoms with E-state index in [0.29, 0.717) is 5.56 Å². The van der Waals surface area contributed by atoms with Crippen LogP contribution in [0.5, 0.6) is 5.75 Å². The minimum absolute atomic E-state index is 0.153. The van der Waals surface area contributed by atoms with Crippen LogP contribution in [0.3, 0.4) is 0 Å². The smallest absolute Gasteiger partial charge is 0.416 e. The van der Waals surface area contributed by atoms with Crippen LogP contribution in [0.25, 0.3) is 0 Å². The van der Waals surface area contributed by atoms with Crippen molar-refractivity contribution < 1.29 is 27.8 Å². The van der Waals surface area contributed by atoms with Gasteiger partial charge >= 0.3 is 6.18 Å². The molecular weight excluding hydrogens is 371 g/mol. The minimum atomic E-state index is -4.55. The lowest BCUT2D eigenvalue weighted by Crippen LogP contribution is -2.62. The van der Waals surface area contributed by atoms with Crippen molar-refractivity contribution in [2.45, 2.75) is 50.7 Å². The average Bonchev–Trinajstić information content (AvgIpc) is 2.91. The van der Waals surface area contributed by atoms with Crippen LogP contribution in [0.4, 0.5) is 13.2 Å². The van der Waals surface area contributed by atoms with Crippen molar-refractivity contribution in [2.75, 3.05) is 0 Å². The SMILES string of the molecule is CC1(C)Oc2ccc(C(F)(F)F)cc2C(N2Cc3ccccc3C2=O)C1(C)O. The molecule has 0 saturated carbocycles. The summed E-state index contributed by atoms with van der Waals surface area (Å²) in [6, 6.07) is 9.22. The van der Waals surface area contributed by atoms with Crippen LogP contribution in [0.15, 0.2) is 42.5 Å². The molecule has 2 aliphatic heterocycles. The van der Waals surface area contributed by atoms with Gasteiger partial charge in [-0.3, -0.25) is 4.79 Å². The fourth-order valence-corrected chi connectivity index (χ4v) is 4.00. The minimum Gasteiger partial charge on any atom is -0.484 e. The Morgan fingerprint density at radius 2 is 1.82 bits per heavy atom. The Labute approximate surface area is 160 Å². The molecule has 2 aliphatic rings. The van der Waals surface area contributed by atoms with Crippen molar-refractivity contribution in [1.29, 1.82) is 0 Å². The molecule has 0 aromatic heterocycles. The summed E-state index contributed by atoms with van der Waals surface area (Å²) in [6.45, 7) is 5.03. The van der Waals surface area contributed by atoms with E-state index in [2.05, 4.69) is 0 Å². The van der Waals surface area contributed by atoms with Gasteiger partial charge in [0.05, 0.1) is 11.6 Å². The Kier molecular flexibility index (Phi) is 3.85. The van der Waals surface area contributed by atoms with Crippen molar-refractivity contribution in [3.8, 4) is 5.75 Å². The number of hydrogen-bond acceptors (Lipinski definition) is 3. The molecule has 7 heteroatoms. The first-order chi connectivity index (χ1) is 12.9. The first-order valence-electron chi connectivity index (χ1n) is 8.95. The number of carbonyl (C=O) groups is 1. The molecule has 0 fully saturated rings. The lowest BCUT2D eigenvalue weighted by Gasteiger charge is -2.52. The summed E-state index contributed by atoms with van der Waals surface area (Å²) in [5.41, 5.74) is -2.17. The second-order valence-corrected chi connectivity index (χ2v) is 8.00. The van der Waals surface area contributed by atoms with Crippen molar-refractivity contribution >= 4 is 5.91 Å². The number of benzene rings is 2. The van der Waals surface area contributed by atoms with Crippen LogP contribution in [0.2, 0.25) is 0 Å². The number of hydrogen-bond donors (Lipinski definition) is 1. The number of ether oxygens (including phenoxy) is 1. The molecule has 2 aromatic carbocycles. The van der Waals surface area contributed by atoms with Crippen molar-refractivity contribution in [3.05, 3.63) is 64.7 Å². The number of carbonyl (C=O) groups excluding carboxylic acids is 1. The zero-order valence-electron chi connectivity index (χ0n) is 15.7. The largest absolute Gasteiger partial charge is 0.484 e. The van der Waals surface area contributed by atoms with Crippen LogP contribution < -0.4 is 4.74 Å². The first-order valence-corrected chi connectivity index (χ1v) is 8.95. The summed E-state index contributed by atoms with van der Waals surface area (Å²) in [6.07, 6.45) is -4.55. The summed E-state index contributed by atoms with van der Waals surface area (Å²) in [5, 5.41) is 11.4. The maximum absolute atomic E-state index is 13.3. The molecule has 0 saturated heterocycles. The fraction of sp³-hybridized carbons (Fsp3) is 0.381. The molecule has 1 N–H and O–H groups in total. The lowest BCUT2D eigenvalue weighted by molar-refractivity contribution is -0.159. The molecular formula is C21H20F3NO3. The molecule has 0 spiro atoms. The number of amides is 1.